The number of benzene rings is 1. The van der Waals surface area contributed by atoms with E-state index in [2.05, 4.69) is 0 Å². The molecule has 1 unspecified atom stereocenters. The van der Waals surface area contributed by atoms with E-state index in [1.165, 1.54) is 0 Å². The molecule has 1 aromatic rings. The highest BCUT2D eigenvalue weighted by molar-refractivity contribution is 5.35. The summed E-state index contributed by atoms with van der Waals surface area (Å²) in [7, 11) is 0. The lowest BCUT2D eigenvalue weighted by Crippen LogP contribution is -2.46. The minimum absolute atomic E-state index is 0.221. The Morgan fingerprint density at radius 3 is 2.35 bits per heavy atom. The van der Waals surface area contributed by atoms with E-state index in [1.807, 2.05) is 44.2 Å². The van der Waals surface area contributed by atoms with Crippen molar-refractivity contribution in [3.63, 3.8) is 0 Å². The Morgan fingerprint density at radius 2 is 1.82 bits per heavy atom. The van der Waals surface area contributed by atoms with Crippen LogP contribution in [0.15, 0.2) is 54.3 Å². The van der Waals surface area contributed by atoms with E-state index in [1.54, 1.807) is 18.2 Å². The Morgan fingerprint density at radius 1 is 1.18 bits per heavy atom. The summed E-state index contributed by atoms with van der Waals surface area (Å²) >= 11 is 0. The normalized spacial score (nSPS) is 24.5. The van der Waals surface area contributed by atoms with E-state index in [0.717, 1.165) is 5.56 Å². The molecule has 0 aromatic heterocycles. The SMILES string of the molecule is CC(C)(c1ccccc1)C1(O)C=CC(O)=CC1. The van der Waals surface area contributed by atoms with Gasteiger partial charge in [-0.15, -0.1) is 0 Å². The molecule has 0 saturated heterocycles. The molecule has 0 saturated carbocycles. The summed E-state index contributed by atoms with van der Waals surface area (Å²) in [5.74, 6) is 0.221. The maximum absolute atomic E-state index is 10.7. The number of allylic oxidation sites excluding steroid dienone is 1. The second-order valence-corrected chi connectivity index (χ2v) is 5.08. The molecule has 0 aliphatic heterocycles. The molecule has 0 radical (unpaired) electrons. The lowest BCUT2D eigenvalue weighted by molar-refractivity contribution is 0.0204. The second-order valence-electron chi connectivity index (χ2n) is 5.08. The molecule has 2 N–H and O–H groups in total. The van der Waals surface area contributed by atoms with Gasteiger partial charge in [0, 0.05) is 11.8 Å². The molecule has 0 spiro atoms. The molecule has 0 amide bonds. The van der Waals surface area contributed by atoms with Gasteiger partial charge in [-0.25, -0.2) is 0 Å². The van der Waals surface area contributed by atoms with Gasteiger partial charge in [0.15, 0.2) is 0 Å². The monoisotopic (exact) mass is 230 g/mol. The van der Waals surface area contributed by atoms with E-state index >= 15 is 0 Å². The number of rotatable bonds is 2. The van der Waals surface area contributed by atoms with Crippen molar-refractivity contribution < 1.29 is 10.2 Å². The first-order valence-electron chi connectivity index (χ1n) is 5.82. The highest BCUT2D eigenvalue weighted by Gasteiger charge is 2.42. The molecule has 1 atom stereocenters. The van der Waals surface area contributed by atoms with E-state index in [0.29, 0.717) is 6.42 Å². The van der Waals surface area contributed by atoms with Gasteiger partial charge in [-0.3, -0.25) is 0 Å². The molecule has 1 aliphatic carbocycles. The first kappa shape index (κ1) is 11.9. The van der Waals surface area contributed by atoms with Crippen molar-refractivity contribution in [3.05, 3.63) is 59.9 Å². The summed E-state index contributed by atoms with van der Waals surface area (Å²) in [4.78, 5) is 0. The van der Waals surface area contributed by atoms with Crippen molar-refractivity contribution in [2.45, 2.75) is 31.3 Å². The lowest BCUT2D eigenvalue weighted by Gasteiger charge is -2.42. The Hall–Kier alpha value is -1.54. The Labute approximate surface area is 102 Å². The summed E-state index contributed by atoms with van der Waals surface area (Å²) < 4.78 is 0. The van der Waals surface area contributed by atoms with Crippen LogP contribution < -0.4 is 0 Å². The average molecular weight is 230 g/mol. The van der Waals surface area contributed by atoms with E-state index < -0.39 is 11.0 Å². The fourth-order valence-electron chi connectivity index (χ4n) is 2.19. The number of aliphatic hydroxyl groups is 2. The predicted molar refractivity (Wildman–Crippen MR) is 68.9 cm³/mol. The summed E-state index contributed by atoms with van der Waals surface area (Å²) in [6.45, 7) is 4.03. The molecule has 0 fully saturated rings. The predicted octanol–water partition coefficient (Wildman–Crippen LogP) is 3.10. The van der Waals surface area contributed by atoms with Crippen LogP contribution in [0.2, 0.25) is 0 Å². The largest absolute Gasteiger partial charge is 0.508 e. The molecule has 1 aromatic carbocycles. The van der Waals surface area contributed by atoms with Gasteiger partial charge in [-0.2, -0.15) is 0 Å². The van der Waals surface area contributed by atoms with Gasteiger partial charge in [-0.05, 0) is 23.8 Å². The molecule has 2 heteroatoms. The van der Waals surface area contributed by atoms with Crippen molar-refractivity contribution >= 4 is 0 Å². The second kappa shape index (κ2) is 4.04. The van der Waals surface area contributed by atoms with Gasteiger partial charge < -0.3 is 10.2 Å². The van der Waals surface area contributed by atoms with Crippen molar-refractivity contribution in [3.8, 4) is 0 Å². The molecule has 0 bridgehead atoms. The van der Waals surface area contributed by atoms with Crippen LogP contribution >= 0.6 is 0 Å². The first-order chi connectivity index (χ1) is 7.96. The smallest absolute Gasteiger partial charge is 0.111 e. The van der Waals surface area contributed by atoms with E-state index in [4.69, 9.17) is 0 Å². The van der Waals surface area contributed by atoms with Crippen LogP contribution in [-0.2, 0) is 5.41 Å². The highest BCUT2D eigenvalue weighted by atomic mass is 16.3. The van der Waals surface area contributed by atoms with Gasteiger partial charge in [0.05, 0.1) is 5.60 Å². The van der Waals surface area contributed by atoms with Crippen molar-refractivity contribution in [2.75, 3.05) is 0 Å². The molecule has 2 nitrogen and oxygen atoms in total. The Kier molecular flexibility index (Phi) is 2.84. The van der Waals surface area contributed by atoms with Crippen LogP contribution in [0, 0.1) is 0 Å². The van der Waals surface area contributed by atoms with Crippen LogP contribution in [-0.4, -0.2) is 15.8 Å². The zero-order valence-corrected chi connectivity index (χ0v) is 10.2. The molecular formula is C15H18O2. The van der Waals surface area contributed by atoms with Crippen molar-refractivity contribution in [1.82, 2.24) is 0 Å². The standard InChI is InChI=1S/C15H18O2/c1-14(2,12-6-4-3-5-7-12)15(17)10-8-13(16)9-11-15/h3-10,16-17H,11H2,1-2H3. The third-order valence-corrected chi connectivity index (χ3v) is 3.73. The van der Waals surface area contributed by atoms with Gasteiger partial charge in [-0.1, -0.05) is 44.2 Å². The van der Waals surface area contributed by atoms with Crippen molar-refractivity contribution in [1.29, 1.82) is 0 Å². The van der Waals surface area contributed by atoms with Crippen LogP contribution in [0.4, 0.5) is 0 Å². The highest BCUT2D eigenvalue weighted by Crippen LogP contribution is 2.40. The van der Waals surface area contributed by atoms with Crippen LogP contribution in [0.25, 0.3) is 0 Å². The third-order valence-electron chi connectivity index (χ3n) is 3.73. The minimum atomic E-state index is -0.958. The van der Waals surface area contributed by atoms with Crippen LogP contribution in [0.5, 0.6) is 0 Å². The van der Waals surface area contributed by atoms with E-state index in [9.17, 15) is 10.2 Å². The van der Waals surface area contributed by atoms with Crippen molar-refractivity contribution in [2.24, 2.45) is 0 Å². The summed E-state index contributed by atoms with van der Waals surface area (Å²) in [5, 5.41) is 20.1. The van der Waals surface area contributed by atoms with E-state index in [-0.39, 0.29) is 5.76 Å². The van der Waals surface area contributed by atoms with Gasteiger partial charge >= 0.3 is 0 Å². The molecular weight excluding hydrogens is 212 g/mol. The lowest BCUT2D eigenvalue weighted by atomic mass is 9.67. The maximum atomic E-state index is 10.7. The molecule has 2 rings (SSSR count). The summed E-state index contributed by atoms with van der Waals surface area (Å²) in [6.07, 6.45) is 5.34. The average Bonchev–Trinajstić information content (AvgIpc) is 2.34. The molecule has 90 valence electrons. The third kappa shape index (κ3) is 2.01. The van der Waals surface area contributed by atoms with Gasteiger partial charge in [0.1, 0.15) is 5.76 Å². The zero-order chi connectivity index (χ0) is 12.5. The summed E-state index contributed by atoms with van der Waals surface area (Å²) in [5.41, 5.74) is -0.273. The Balaban J connectivity index is 2.37. The van der Waals surface area contributed by atoms with Gasteiger partial charge in [0.25, 0.3) is 0 Å². The quantitative estimate of drug-likeness (QED) is 0.819. The number of hydrogen-bond donors (Lipinski definition) is 2. The van der Waals surface area contributed by atoms with Crippen LogP contribution in [0.1, 0.15) is 25.8 Å². The van der Waals surface area contributed by atoms with Gasteiger partial charge in [0.2, 0.25) is 0 Å². The number of hydrogen-bond acceptors (Lipinski definition) is 2. The number of aliphatic hydroxyl groups excluding tert-OH is 1. The molecule has 1 aliphatic rings. The fraction of sp³-hybridized carbons (Fsp3) is 0.333. The first-order valence-corrected chi connectivity index (χ1v) is 5.82. The summed E-state index contributed by atoms with van der Waals surface area (Å²) in [6, 6.07) is 9.95. The maximum Gasteiger partial charge on any atom is 0.111 e. The molecule has 0 heterocycles. The van der Waals surface area contributed by atoms with Crippen LogP contribution in [0.3, 0.4) is 0 Å². The minimum Gasteiger partial charge on any atom is -0.508 e. The topological polar surface area (TPSA) is 40.5 Å². The zero-order valence-electron chi connectivity index (χ0n) is 10.2. The Bertz CT molecular complexity index is 457. The molecule has 17 heavy (non-hydrogen) atoms. The fourth-order valence-corrected chi connectivity index (χ4v) is 2.19.